The summed E-state index contributed by atoms with van der Waals surface area (Å²) in [4.78, 5) is 0. The average Bonchev–Trinajstić information content (AvgIpc) is 1.97. The smallest absolute Gasteiger partial charge is 0.0322 e. The minimum Gasteiger partial charge on any atom is -0.103 e. The highest BCUT2D eigenvalue weighted by molar-refractivity contribution is 4.78. The van der Waals surface area contributed by atoms with Gasteiger partial charge in [0.2, 0.25) is 0 Å². The van der Waals surface area contributed by atoms with E-state index in [1.165, 1.54) is 6.42 Å². The van der Waals surface area contributed by atoms with Gasteiger partial charge in [0.1, 0.15) is 0 Å². The first-order valence-corrected chi connectivity index (χ1v) is 4.44. The number of allylic oxidation sites excluding steroid dienone is 2. The Morgan fingerprint density at radius 2 is 1.82 bits per heavy atom. The van der Waals surface area contributed by atoms with Crippen LogP contribution in [-0.4, -0.2) is 0 Å². The van der Waals surface area contributed by atoms with Gasteiger partial charge in [0.25, 0.3) is 0 Å². The summed E-state index contributed by atoms with van der Waals surface area (Å²) in [6.07, 6.45) is 7.56. The van der Waals surface area contributed by atoms with Crippen LogP contribution in [0.15, 0.2) is 25.3 Å². The van der Waals surface area contributed by atoms with E-state index in [-0.39, 0.29) is 0 Å². The fraction of sp³-hybridized carbons (Fsp3) is 0.636. The van der Waals surface area contributed by atoms with Crippen molar-refractivity contribution in [2.45, 2.75) is 33.1 Å². The Hall–Kier alpha value is -0.520. The molecule has 64 valence electrons. The van der Waals surface area contributed by atoms with Crippen LogP contribution in [0.5, 0.6) is 0 Å². The molecule has 0 saturated carbocycles. The number of hydrogen-bond donors (Lipinski definition) is 0. The van der Waals surface area contributed by atoms with Gasteiger partial charge in [-0.05, 0) is 31.1 Å². The van der Waals surface area contributed by atoms with Crippen LogP contribution in [0.25, 0.3) is 0 Å². The molecule has 0 aromatic carbocycles. The summed E-state index contributed by atoms with van der Waals surface area (Å²) < 4.78 is 0. The fourth-order valence-electron chi connectivity index (χ4n) is 1.27. The zero-order valence-electron chi connectivity index (χ0n) is 7.84. The van der Waals surface area contributed by atoms with Crippen LogP contribution < -0.4 is 0 Å². The third kappa shape index (κ3) is 4.83. The van der Waals surface area contributed by atoms with Crippen LogP contribution in [0.2, 0.25) is 0 Å². The van der Waals surface area contributed by atoms with Gasteiger partial charge in [-0.1, -0.05) is 26.0 Å². The number of hydrogen-bond acceptors (Lipinski definition) is 0. The van der Waals surface area contributed by atoms with Crippen molar-refractivity contribution >= 4 is 0 Å². The van der Waals surface area contributed by atoms with E-state index in [0.29, 0.717) is 0 Å². The fourth-order valence-corrected chi connectivity index (χ4v) is 1.27. The molecule has 0 nitrogen and oxygen atoms in total. The quantitative estimate of drug-likeness (QED) is 0.508. The van der Waals surface area contributed by atoms with Crippen LogP contribution in [0.1, 0.15) is 33.1 Å². The van der Waals surface area contributed by atoms with Crippen molar-refractivity contribution in [1.29, 1.82) is 0 Å². The van der Waals surface area contributed by atoms with E-state index in [4.69, 9.17) is 0 Å². The summed E-state index contributed by atoms with van der Waals surface area (Å²) in [6, 6.07) is 0. The molecule has 0 saturated heterocycles. The molecule has 0 unspecified atom stereocenters. The van der Waals surface area contributed by atoms with Crippen molar-refractivity contribution in [3.8, 4) is 0 Å². The van der Waals surface area contributed by atoms with Gasteiger partial charge in [-0.15, -0.1) is 13.2 Å². The first-order chi connectivity index (χ1) is 5.22. The zero-order valence-corrected chi connectivity index (χ0v) is 7.84. The maximum absolute atomic E-state index is 3.77. The van der Waals surface area contributed by atoms with Gasteiger partial charge in [-0.3, -0.25) is 0 Å². The lowest BCUT2D eigenvalue weighted by atomic mass is 9.88. The topological polar surface area (TPSA) is 0 Å². The predicted molar refractivity (Wildman–Crippen MR) is 52.6 cm³/mol. The van der Waals surface area contributed by atoms with Gasteiger partial charge in [0.15, 0.2) is 0 Å². The second kappa shape index (κ2) is 6.21. The minimum atomic E-state index is 0.771. The molecule has 0 amide bonds. The van der Waals surface area contributed by atoms with Gasteiger partial charge in [0.05, 0.1) is 0 Å². The summed E-state index contributed by atoms with van der Waals surface area (Å²) in [7, 11) is 0. The molecule has 0 aliphatic heterocycles. The summed E-state index contributed by atoms with van der Waals surface area (Å²) in [5.41, 5.74) is 0. The van der Waals surface area contributed by atoms with E-state index in [9.17, 15) is 0 Å². The van der Waals surface area contributed by atoms with Crippen LogP contribution in [0.3, 0.4) is 0 Å². The molecule has 0 heteroatoms. The molecular formula is C11H20. The lowest BCUT2D eigenvalue weighted by molar-refractivity contribution is 0.366. The SMILES string of the molecule is C=CCC[C@H](CC=C)C(C)C. The van der Waals surface area contributed by atoms with Gasteiger partial charge in [-0.25, -0.2) is 0 Å². The van der Waals surface area contributed by atoms with Crippen LogP contribution in [-0.2, 0) is 0 Å². The molecule has 1 atom stereocenters. The molecule has 0 fully saturated rings. The average molecular weight is 152 g/mol. The summed E-state index contributed by atoms with van der Waals surface area (Å²) in [5, 5.41) is 0. The number of rotatable bonds is 6. The first-order valence-electron chi connectivity index (χ1n) is 4.44. The molecule has 0 spiro atoms. The van der Waals surface area contributed by atoms with Crippen molar-refractivity contribution in [2.24, 2.45) is 11.8 Å². The van der Waals surface area contributed by atoms with E-state index < -0.39 is 0 Å². The predicted octanol–water partition coefficient (Wildman–Crippen LogP) is 3.80. The highest BCUT2D eigenvalue weighted by atomic mass is 14.1. The second-order valence-electron chi connectivity index (χ2n) is 3.39. The van der Waals surface area contributed by atoms with E-state index in [0.717, 1.165) is 24.7 Å². The minimum absolute atomic E-state index is 0.771. The Labute approximate surface area is 71.0 Å². The van der Waals surface area contributed by atoms with Crippen LogP contribution in [0.4, 0.5) is 0 Å². The molecule has 11 heavy (non-hydrogen) atoms. The summed E-state index contributed by atoms with van der Waals surface area (Å²) in [5.74, 6) is 1.57. The molecule has 0 aliphatic rings. The highest BCUT2D eigenvalue weighted by Crippen LogP contribution is 2.21. The zero-order chi connectivity index (χ0) is 8.69. The molecule has 0 rings (SSSR count). The van der Waals surface area contributed by atoms with Crippen molar-refractivity contribution < 1.29 is 0 Å². The molecular weight excluding hydrogens is 132 g/mol. The third-order valence-corrected chi connectivity index (χ3v) is 2.15. The highest BCUT2D eigenvalue weighted by Gasteiger charge is 2.09. The van der Waals surface area contributed by atoms with Crippen molar-refractivity contribution in [1.82, 2.24) is 0 Å². The van der Waals surface area contributed by atoms with Crippen LogP contribution >= 0.6 is 0 Å². The maximum atomic E-state index is 3.77. The lowest BCUT2D eigenvalue weighted by Crippen LogP contribution is -2.06. The van der Waals surface area contributed by atoms with E-state index in [2.05, 4.69) is 27.0 Å². The molecule has 0 aliphatic carbocycles. The van der Waals surface area contributed by atoms with Gasteiger partial charge >= 0.3 is 0 Å². The van der Waals surface area contributed by atoms with E-state index in [1.54, 1.807) is 0 Å². The summed E-state index contributed by atoms with van der Waals surface area (Å²) in [6.45, 7) is 12.0. The third-order valence-electron chi connectivity index (χ3n) is 2.15. The maximum Gasteiger partial charge on any atom is -0.0322 e. The standard InChI is InChI=1S/C11H20/c1-5-7-9-11(8-6-2)10(3)4/h5-6,10-11H,1-2,7-9H2,3-4H3/t11-/m0/s1. The molecule has 0 heterocycles. The van der Waals surface area contributed by atoms with Crippen molar-refractivity contribution in [3.63, 3.8) is 0 Å². The Morgan fingerprint density at radius 3 is 2.18 bits per heavy atom. The van der Waals surface area contributed by atoms with Crippen molar-refractivity contribution in [2.75, 3.05) is 0 Å². The Balaban J connectivity index is 3.68. The van der Waals surface area contributed by atoms with Gasteiger partial charge in [-0.2, -0.15) is 0 Å². The van der Waals surface area contributed by atoms with Crippen LogP contribution in [0, 0.1) is 11.8 Å². The largest absolute Gasteiger partial charge is 0.103 e. The second-order valence-corrected chi connectivity index (χ2v) is 3.39. The lowest BCUT2D eigenvalue weighted by Gasteiger charge is -2.17. The van der Waals surface area contributed by atoms with E-state index >= 15 is 0 Å². The molecule has 0 bridgehead atoms. The van der Waals surface area contributed by atoms with Gasteiger partial charge < -0.3 is 0 Å². The molecule has 0 aromatic heterocycles. The van der Waals surface area contributed by atoms with E-state index in [1.807, 2.05) is 12.2 Å². The summed E-state index contributed by atoms with van der Waals surface area (Å²) >= 11 is 0. The molecule has 0 N–H and O–H groups in total. The Kier molecular flexibility index (Phi) is 5.91. The molecule has 0 radical (unpaired) electrons. The Morgan fingerprint density at radius 1 is 1.18 bits per heavy atom. The molecule has 0 aromatic rings. The van der Waals surface area contributed by atoms with Crippen molar-refractivity contribution in [3.05, 3.63) is 25.3 Å². The van der Waals surface area contributed by atoms with Gasteiger partial charge in [0, 0.05) is 0 Å². The Bertz CT molecular complexity index is 111. The normalized spacial score (nSPS) is 13.0. The monoisotopic (exact) mass is 152 g/mol. The first kappa shape index (κ1) is 10.5.